The van der Waals surface area contributed by atoms with E-state index in [1.165, 1.54) is 0 Å². The second-order valence-electron chi connectivity index (χ2n) is 7.14. The third kappa shape index (κ3) is 2.87. The molecule has 2 aliphatic heterocycles. The van der Waals surface area contributed by atoms with E-state index in [0.29, 0.717) is 5.56 Å². The lowest BCUT2D eigenvalue weighted by atomic mass is 9.76. The first-order valence-electron chi connectivity index (χ1n) is 8.61. The fourth-order valence-corrected chi connectivity index (χ4v) is 4.27. The highest BCUT2D eigenvalue weighted by atomic mass is 16.5. The lowest BCUT2D eigenvalue weighted by molar-refractivity contribution is -0.165. The van der Waals surface area contributed by atoms with E-state index in [9.17, 15) is 14.7 Å². The number of carbonyl (C=O) groups is 2. The summed E-state index contributed by atoms with van der Waals surface area (Å²) in [5.74, 6) is -1.77. The summed E-state index contributed by atoms with van der Waals surface area (Å²) in [6, 6.07) is 8.92. The van der Waals surface area contributed by atoms with Crippen molar-refractivity contribution in [3.05, 3.63) is 35.9 Å². The number of Topliss-reactive ketones (excluding diaryl/α,β-unsaturated/α-hetero) is 1. The van der Waals surface area contributed by atoms with Gasteiger partial charge in [0.1, 0.15) is 0 Å². The lowest BCUT2D eigenvalue weighted by Crippen LogP contribution is -2.59. The third-order valence-electron chi connectivity index (χ3n) is 5.35. The Morgan fingerprint density at radius 2 is 1.71 bits per heavy atom. The number of nitrogens with zero attached hydrogens (tertiary/aromatic N) is 1. The topological polar surface area (TPSA) is 66.8 Å². The molecule has 24 heavy (non-hydrogen) atoms. The molecule has 0 amide bonds. The summed E-state index contributed by atoms with van der Waals surface area (Å²) >= 11 is 0. The first kappa shape index (κ1) is 17.1. The molecule has 2 saturated heterocycles. The number of ketones is 1. The van der Waals surface area contributed by atoms with Crippen molar-refractivity contribution in [2.24, 2.45) is 11.8 Å². The largest absolute Gasteiger partial charge is 0.463 e. The second-order valence-corrected chi connectivity index (χ2v) is 7.14. The summed E-state index contributed by atoms with van der Waals surface area (Å²) < 4.78 is 5.36. The van der Waals surface area contributed by atoms with Crippen LogP contribution in [0, 0.1) is 11.8 Å². The molecule has 2 bridgehead atoms. The van der Waals surface area contributed by atoms with Crippen molar-refractivity contribution in [2.45, 2.75) is 51.0 Å². The number of hydrogen-bond donors (Lipinski definition) is 1. The van der Waals surface area contributed by atoms with Gasteiger partial charge in [0.2, 0.25) is 0 Å². The first-order valence-corrected chi connectivity index (χ1v) is 8.61. The van der Waals surface area contributed by atoms with E-state index in [4.69, 9.17) is 4.74 Å². The van der Waals surface area contributed by atoms with Crippen LogP contribution in [0.4, 0.5) is 0 Å². The highest BCUT2D eigenvalue weighted by molar-refractivity contribution is 5.99. The summed E-state index contributed by atoms with van der Waals surface area (Å²) in [4.78, 5) is 27.6. The Bertz CT molecular complexity index is 615. The van der Waals surface area contributed by atoms with Crippen LogP contribution in [0.1, 0.15) is 37.0 Å². The van der Waals surface area contributed by atoms with Gasteiger partial charge in [0.05, 0.1) is 24.0 Å². The molecular weight excluding hydrogens is 306 g/mol. The summed E-state index contributed by atoms with van der Waals surface area (Å²) in [6.45, 7) is 3.59. The number of piperidine rings is 1. The van der Waals surface area contributed by atoms with Crippen LogP contribution in [0.3, 0.4) is 0 Å². The van der Waals surface area contributed by atoms with Crippen molar-refractivity contribution >= 4 is 11.8 Å². The van der Waals surface area contributed by atoms with E-state index < -0.39 is 23.9 Å². The predicted octanol–water partition coefficient (Wildman–Crippen LogP) is 1.89. The molecule has 2 fully saturated rings. The molecule has 2 aliphatic rings. The van der Waals surface area contributed by atoms with Gasteiger partial charge >= 0.3 is 5.97 Å². The average molecular weight is 331 g/mol. The molecule has 5 atom stereocenters. The van der Waals surface area contributed by atoms with Crippen molar-refractivity contribution in [3.63, 3.8) is 0 Å². The van der Waals surface area contributed by atoms with Crippen LogP contribution in [-0.4, -0.2) is 53.1 Å². The molecule has 130 valence electrons. The zero-order chi connectivity index (χ0) is 17.4. The van der Waals surface area contributed by atoms with Gasteiger partial charge in [0.25, 0.3) is 0 Å². The number of benzene rings is 1. The molecule has 5 heteroatoms. The molecule has 0 unspecified atom stereocenters. The number of aliphatic hydroxyl groups is 1. The molecule has 0 spiro atoms. The molecule has 0 radical (unpaired) electrons. The van der Waals surface area contributed by atoms with E-state index in [-0.39, 0.29) is 24.0 Å². The average Bonchev–Trinajstić information content (AvgIpc) is 2.81. The van der Waals surface area contributed by atoms with Crippen molar-refractivity contribution in [2.75, 3.05) is 7.05 Å². The van der Waals surface area contributed by atoms with Gasteiger partial charge in [-0.2, -0.15) is 0 Å². The Labute approximate surface area is 142 Å². The van der Waals surface area contributed by atoms with Gasteiger partial charge < -0.3 is 9.84 Å². The van der Waals surface area contributed by atoms with E-state index >= 15 is 0 Å². The number of esters is 1. The maximum absolute atomic E-state index is 13.0. The van der Waals surface area contributed by atoms with Gasteiger partial charge in [0, 0.05) is 17.6 Å². The van der Waals surface area contributed by atoms with Crippen LogP contribution in [0.25, 0.3) is 0 Å². The Kier molecular flexibility index (Phi) is 4.74. The van der Waals surface area contributed by atoms with Crippen LogP contribution in [0.5, 0.6) is 0 Å². The van der Waals surface area contributed by atoms with E-state index in [2.05, 4.69) is 4.90 Å². The molecule has 0 aromatic heterocycles. The van der Waals surface area contributed by atoms with E-state index in [1.807, 2.05) is 25.2 Å². The van der Waals surface area contributed by atoms with Crippen LogP contribution in [0.15, 0.2) is 30.3 Å². The summed E-state index contributed by atoms with van der Waals surface area (Å²) in [7, 11) is 1.94. The fourth-order valence-electron chi connectivity index (χ4n) is 4.27. The third-order valence-corrected chi connectivity index (χ3v) is 5.35. The van der Waals surface area contributed by atoms with Gasteiger partial charge in [-0.05, 0) is 33.7 Å². The molecule has 1 aromatic carbocycles. The minimum atomic E-state index is -1.00. The highest BCUT2D eigenvalue weighted by Gasteiger charge is 2.56. The smallest absolute Gasteiger partial charge is 0.313 e. The molecule has 1 aromatic rings. The Morgan fingerprint density at radius 1 is 1.12 bits per heavy atom. The minimum Gasteiger partial charge on any atom is -0.463 e. The van der Waals surface area contributed by atoms with E-state index in [0.717, 1.165) is 12.8 Å². The van der Waals surface area contributed by atoms with E-state index in [1.54, 1.807) is 26.0 Å². The Morgan fingerprint density at radius 3 is 2.29 bits per heavy atom. The number of fused-ring (bicyclic) bond motifs is 2. The monoisotopic (exact) mass is 331 g/mol. The fraction of sp³-hybridized carbons (Fsp3) is 0.579. The molecule has 2 heterocycles. The molecule has 0 aliphatic carbocycles. The van der Waals surface area contributed by atoms with Crippen LogP contribution in [-0.2, 0) is 9.53 Å². The van der Waals surface area contributed by atoms with Crippen molar-refractivity contribution in [3.8, 4) is 0 Å². The number of rotatable bonds is 4. The highest BCUT2D eigenvalue weighted by Crippen LogP contribution is 2.43. The van der Waals surface area contributed by atoms with Gasteiger partial charge in [-0.3, -0.25) is 14.5 Å². The Balaban J connectivity index is 1.91. The first-order chi connectivity index (χ1) is 11.4. The minimum absolute atomic E-state index is 0.0270. The molecular formula is C19H25NO4. The zero-order valence-corrected chi connectivity index (χ0v) is 14.4. The second kappa shape index (κ2) is 6.65. The standard InChI is InChI=1S/C19H25NO4/c1-11(2)24-19(23)16-14-10-9-13(20(14)3)15(18(16)22)17(21)12-7-5-4-6-8-12/h4-8,11,13-16,18,22H,9-10H2,1-3H3/t13-,14+,15-,16+,18-/m0/s1. The predicted molar refractivity (Wildman–Crippen MR) is 89.6 cm³/mol. The summed E-state index contributed by atoms with van der Waals surface area (Å²) in [6.07, 6.45) is 0.372. The number of carbonyl (C=O) groups excluding carboxylic acids is 2. The molecule has 3 rings (SSSR count). The molecule has 5 nitrogen and oxygen atoms in total. The van der Waals surface area contributed by atoms with Gasteiger partial charge in [-0.25, -0.2) is 0 Å². The summed E-state index contributed by atoms with van der Waals surface area (Å²) in [5.41, 5.74) is 0.580. The number of aliphatic hydroxyl groups excluding tert-OH is 1. The number of hydrogen-bond acceptors (Lipinski definition) is 5. The van der Waals surface area contributed by atoms with Crippen molar-refractivity contribution < 1.29 is 19.4 Å². The maximum atomic E-state index is 13.0. The van der Waals surface area contributed by atoms with Crippen molar-refractivity contribution in [1.29, 1.82) is 0 Å². The van der Waals surface area contributed by atoms with Crippen LogP contribution < -0.4 is 0 Å². The van der Waals surface area contributed by atoms with Gasteiger partial charge in [-0.1, -0.05) is 30.3 Å². The number of ether oxygens (including phenoxy) is 1. The maximum Gasteiger partial charge on any atom is 0.313 e. The zero-order valence-electron chi connectivity index (χ0n) is 14.4. The summed E-state index contributed by atoms with van der Waals surface area (Å²) in [5, 5.41) is 10.9. The van der Waals surface area contributed by atoms with Crippen LogP contribution in [0.2, 0.25) is 0 Å². The lowest BCUT2D eigenvalue weighted by Gasteiger charge is -2.44. The normalized spacial score (nSPS) is 32.8. The molecule has 1 N–H and O–H groups in total. The van der Waals surface area contributed by atoms with Gasteiger partial charge in [0.15, 0.2) is 5.78 Å². The molecule has 0 saturated carbocycles. The van der Waals surface area contributed by atoms with Crippen LogP contribution >= 0.6 is 0 Å². The SMILES string of the molecule is CC(C)OC(=O)[C@H]1[C@@H](O)[C@H](C(=O)c2ccccc2)[C@@H]2CC[C@H]1N2C. The Hall–Kier alpha value is -1.72. The van der Waals surface area contributed by atoms with Gasteiger partial charge in [-0.15, -0.1) is 0 Å². The van der Waals surface area contributed by atoms with Crippen molar-refractivity contribution in [1.82, 2.24) is 4.90 Å². The quantitative estimate of drug-likeness (QED) is 0.674.